The number of likely N-dealkylation sites (tertiary alicyclic amines) is 1. The number of hydrogen-bond acceptors (Lipinski definition) is 3. The monoisotopic (exact) mass is 446 g/mol. The van der Waals surface area contributed by atoms with E-state index in [0.29, 0.717) is 28.1 Å². The maximum absolute atomic E-state index is 14.0. The number of amides is 2. The first-order chi connectivity index (χ1) is 15.9. The Balaban J connectivity index is 1.43. The predicted octanol–water partition coefficient (Wildman–Crippen LogP) is 2.62. The van der Waals surface area contributed by atoms with Gasteiger partial charge in [0.05, 0.1) is 11.1 Å². The number of rotatable bonds is 4. The van der Waals surface area contributed by atoms with Crippen LogP contribution in [0.1, 0.15) is 58.6 Å². The molecule has 0 aliphatic carbocycles. The van der Waals surface area contributed by atoms with Gasteiger partial charge in [-0.25, -0.2) is 4.39 Å². The Hall–Kier alpha value is -2.87. The molecule has 0 unspecified atom stereocenters. The number of aromatic amines is 1. The van der Waals surface area contributed by atoms with Crippen molar-refractivity contribution in [3.05, 3.63) is 46.0 Å². The number of H-pyrrole nitrogens is 1. The number of carbonyl (C=O) groups excluding carboxylic acids is 2. The number of piperidine rings is 1. The predicted molar refractivity (Wildman–Crippen MR) is 128 cm³/mol. The van der Waals surface area contributed by atoms with Crippen molar-refractivity contribution in [2.75, 3.05) is 38.0 Å². The summed E-state index contributed by atoms with van der Waals surface area (Å²) in [5.74, 6) is -0.780. The molecule has 2 N–H and O–H groups in total. The van der Waals surface area contributed by atoms with Crippen LogP contribution in [0.3, 0.4) is 0 Å². The van der Waals surface area contributed by atoms with Crippen LogP contribution in [-0.4, -0.2) is 67.2 Å². The van der Waals surface area contributed by atoms with Crippen LogP contribution in [0.4, 0.5) is 10.1 Å². The van der Waals surface area contributed by atoms with Gasteiger partial charge in [-0.1, -0.05) is 11.9 Å². The molecule has 6 nitrogen and oxygen atoms in total. The van der Waals surface area contributed by atoms with Gasteiger partial charge < -0.3 is 20.1 Å². The van der Waals surface area contributed by atoms with E-state index >= 15 is 0 Å². The molecule has 1 fully saturated rings. The number of aromatic nitrogens is 1. The van der Waals surface area contributed by atoms with Crippen molar-refractivity contribution in [2.24, 2.45) is 0 Å². The van der Waals surface area contributed by atoms with Crippen LogP contribution in [0.2, 0.25) is 0 Å². The maximum atomic E-state index is 14.0. The van der Waals surface area contributed by atoms with Crippen molar-refractivity contribution in [3.8, 4) is 0 Å². The van der Waals surface area contributed by atoms with Gasteiger partial charge in [0.15, 0.2) is 0 Å². The highest BCUT2D eigenvalue weighted by Crippen LogP contribution is 2.34. The molecule has 2 radical (unpaired) electrons. The molecule has 3 aliphatic rings. The minimum Gasteiger partial charge on any atom is -0.358 e. The van der Waals surface area contributed by atoms with E-state index in [4.69, 9.17) is 7.85 Å². The number of benzene rings is 1. The van der Waals surface area contributed by atoms with Crippen molar-refractivity contribution in [1.82, 2.24) is 14.8 Å². The van der Waals surface area contributed by atoms with Gasteiger partial charge in [0.25, 0.3) is 11.8 Å². The standard InChI is InChI=1S/C25H28BFN4O2/c1-15-21(14-18-17-12-16(27)13-19(26)23(17)29-24(18)32)28-20-6-5-9-31(25(33)22(15)20)11-10-30-7-3-2-4-8-30/h12-14,28H,2-11H2,1H3,(H,29,32)/b18-14-. The van der Waals surface area contributed by atoms with Gasteiger partial charge >= 0.3 is 0 Å². The lowest BCUT2D eigenvalue weighted by molar-refractivity contribution is -0.110. The smallest absolute Gasteiger partial charge is 0.256 e. The first-order valence-electron chi connectivity index (χ1n) is 11.8. The van der Waals surface area contributed by atoms with E-state index in [-0.39, 0.29) is 17.3 Å². The third-order valence-electron chi connectivity index (χ3n) is 7.05. The van der Waals surface area contributed by atoms with Crippen molar-refractivity contribution in [2.45, 2.75) is 39.0 Å². The summed E-state index contributed by atoms with van der Waals surface area (Å²) in [6.45, 7) is 6.52. The van der Waals surface area contributed by atoms with Crippen LogP contribution in [0.15, 0.2) is 12.1 Å². The Morgan fingerprint density at radius 3 is 2.67 bits per heavy atom. The van der Waals surface area contributed by atoms with Gasteiger partial charge in [-0.15, -0.1) is 0 Å². The molecule has 0 saturated carbocycles. The SMILES string of the molecule is [B]c1cc(F)cc2c1NC(=O)/C2=C\c1[nH]c2c(c1C)C(=O)N(CCN1CCCCC1)CCC2. The topological polar surface area (TPSA) is 68.4 Å². The molecular formula is C25H28BFN4O2. The number of hydrogen-bond donors (Lipinski definition) is 2. The highest BCUT2D eigenvalue weighted by Gasteiger charge is 2.30. The third-order valence-corrected chi connectivity index (χ3v) is 7.05. The van der Waals surface area contributed by atoms with Crippen LogP contribution in [-0.2, 0) is 11.2 Å². The van der Waals surface area contributed by atoms with Crippen molar-refractivity contribution in [1.29, 1.82) is 0 Å². The summed E-state index contributed by atoms with van der Waals surface area (Å²) in [4.78, 5) is 33.8. The van der Waals surface area contributed by atoms with Gasteiger partial charge in [0.1, 0.15) is 13.7 Å². The lowest BCUT2D eigenvalue weighted by Crippen LogP contribution is -2.40. The summed E-state index contributed by atoms with van der Waals surface area (Å²) in [6, 6.07) is 2.51. The summed E-state index contributed by atoms with van der Waals surface area (Å²) >= 11 is 0. The number of halogens is 1. The molecule has 5 rings (SSSR count). The van der Waals surface area contributed by atoms with Crippen LogP contribution in [0.5, 0.6) is 0 Å². The second kappa shape index (κ2) is 8.82. The molecule has 2 amide bonds. The van der Waals surface area contributed by atoms with E-state index in [9.17, 15) is 14.0 Å². The molecule has 8 heteroatoms. The van der Waals surface area contributed by atoms with E-state index in [0.717, 1.165) is 56.8 Å². The summed E-state index contributed by atoms with van der Waals surface area (Å²) < 4.78 is 14.0. The molecule has 1 saturated heterocycles. The number of carbonyl (C=O) groups is 2. The van der Waals surface area contributed by atoms with Gasteiger partial charge in [0, 0.05) is 42.3 Å². The molecule has 0 bridgehead atoms. The molecule has 170 valence electrons. The Bertz CT molecular complexity index is 1150. The Morgan fingerprint density at radius 2 is 1.88 bits per heavy atom. The second-order valence-electron chi connectivity index (χ2n) is 9.24. The van der Waals surface area contributed by atoms with Crippen LogP contribution >= 0.6 is 0 Å². The number of nitrogens with one attached hydrogen (secondary N) is 2. The molecule has 1 aromatic carbocycles. The van der Waals surface area contributed by atoms with Crippen molar-refractivity contribution in [3.63, 3.8) is 0 Å². The largest absolute Gasteiger partial charge is 0.358 e. The summed E-state index contributed by atoms with van der Waals surface area (Å²) in [7, 11) is 5.89. The van der Waals surface area contributed by atoms with Gasteiger partial charge in [-0.05, 0) is 69.5 Å². The lowest BCUT2D eigenvalue weighted by Gasteiger charge is -2.29. The first-order valence-corrected chi connectivity index (χ1v) is 11.8. The zero-order chi connectivity index (χ0) is 23.1. The molecule has 0 spiro atoms. The normalized spacial score (nSPS) is 20.1. The Morgan fingerprint density at radius 1 is 1.09 bits per heavy atom. The van der Waals surface area contributed by atoms with Crippen LogP contribution in [0.25, 0.3) is 11.6 Å². The summed E-state index contributed by atoms with van der Waals surface area (Å²) in [6.07, 6.45) is 7.13. The van der Waals surface area contributed by atoms with E-state index in [1.807, 2.05) is 11.8 Å². The second-order valence-corrected chi connectivity index (χ2v) is 9.24. The molecule has 0 atom stereocenters. The molecule has 3 aliphatic heterocycles. The summed E-state index contributed by atoms with van der Waals surface area (Å²) in [5.41, 5.74) is 4.53. The average Bonchev–Trinajstić information content (AvgIpc) is 3.21. The van der Waals surface area contributed by atoms with Gasteiger partial charge in [-0.3, -0.25) is 9.59 Å². The molecule has 4 heterocycles. The molecule has 33 heavy (non-hydrogen) atoms. The number of fused-ring (bicyclic) bond motifs is 2. The number of nitrogens with zero attached hydrogens (tertiary/aromatic N) is 2. The third kappa shape index (κ3) is 4.12. The van der Waals surface area contributed by atoms with E-state index in [1.165, 1.54) is 31.4 Å². The van der Waals surface area contributed by atoms with E-state index in [1.54, 1.807) is 6.08 Å². The zero-order valence-corrected chi connectivity index (χ0v) is 19.0. The highest BCUT2D eigenvalue weighted by atomic mass is 19.1. The van der Waals surface area contributed by atoms with Crippen molar-refractivity contribution >= 4 is 42.5 Å². The van der Waals surface area contributed by atoms with E-state index in [2.05, 4.69) is 15.2 Å². The first kappa shape index (κ1) is 22.0. The van der Waals surface area contributed by atoms with Gasteiger partial charge in [0.2, 0.25) is 0 Å². The molecular weight excluding hydrogens is 418 g/mol. The van der Waals surface area contributed by atoms with Gasteiger partial charge in [-0.2, -0.15) is 0 Å². The summed E-state index contributed by atoms with van der Waals surface area (Å²) in [5, 5.41) is 2.73. The minimum absolute atomic E-state index is 0.0458. The number of aryl methyl sites for hydroxylation is 1. The highest BCUT2D eigenvalue weighted by molar-refractivity contribution is 6.43. The quantitative estimate of drug-likeness (QED) is 0.561. The Labute approximate surface area is 194 Å². The fraction of sp³-hybridized carbons (Fsp3) is 0.440. The molecule has 2 aromatic rings. The number of anilines is 1. The maximum Gasteiger partial charge on any atom is 0.256 e. The van der Waals surface area contributed by atoms with E-state index < -0.39 is 5.82 Å². The lowest BCUT2D eigenvalue weighted by atomic mass is 9.90. The fourth-order valence-corrected chi connectivity index (χ4v) is 5.24. The zero-order valence-electron chi connectivity index (χ0n) is 19.0. The molecule has 1 aromatic heterocycles. The average molecular weight is 446 g/mol. The Kier molecular flexibility index (Phi) is 5.87. The fourth-order valence-electron chi connectivity index (χ4n) is 5.24. The minimum atomic E-state index is -0.493. The van der Waals surface area contributed by atoms with Crippen molar-refractivity contribution < 1.29 is 14.0 Å². The van der Waals surface area contributed by atoms with Crippen LogP contribution in [0, 0.1) is 12.7 Å². The van der Waals surface area contributed by atoms with Crippen LogP contribution < -0.4 is 10.8 Å².